The standard InChI is InChI=1S/C9H10N4O/c1-12-5-9(10-11-12)6-13-3-2-8(4-13)7-14/h2-5,7H,6H2,1H3. The van der Waals surface area contributed by atoms with Crippen LogP contribution in [-0.2, 0) is 13.6 Å². The first-order chi connectivity index (χ1) is 6.78. The molecule has 0 atom stereocenters. The molecular weight excluding hydrogens is 180 g/mol. The highest BCUT2D eigenvalue weighted by Gasteiger charge is 2.00. The Morgan fingerprint density at radius 3 is 2.93 bits per heavy atom. The van der Waals surface area contributed by atoms with Crippen LogP contribution in [0.5, 0.6) is 0 Å². The van der Waals surface area contributed by atoms with Crippen molar-refractivity contribution in [3.8, 4) is 0 Å². The molecule has 0 N–H and O–H groups in total. The van der Waals surface area contributed by atoms with Crippen molar-refractivity contribution in [1.29, 1.82) is 0 Å². The van der Waals surface area contributed by atoms with Gasteiger partial charge in [-0.25, -0.2) is 0 Å². The van der Waals surface area contributed by atoms with E-state index in [9.17, 15) is 4.79 Å². The molecule has 0 aliphatic carbocycles. The fraction of sp³-hybridized carbons (Fsp3) is 0.222. The molecule has 2 heterocycles. The van der Waals surface area contributed by atoms with Crippen LogP contribution in [0.1, 0.15) is 16.1 Å². The number of aromatic nitrogens is 4. The third-order valence-electron chi connectivity index (χ3n) is 1.90. The Morgan fingerprint density at radius 1 is 1.50 bits per heavy atom. The summed E-state index contributed by atoms with van der Waals surface area (Å²) >= 11 is 0. The summed E-state index contributed by atoms with van der Waals surface area (Å²) in [4.78, 5) is 10.4. The van der Waals surface area contributed by atoms with Gasteiger partial charge in [0.1, 0.15) is 5.69 Å². The molecule has 0 spiro atoms. The molecule has 2 aromatic rings. The Hall–Kier alpha value is -1.91. The van der Waals surface area contributed by atoms with E-state index in [-0.39, 0.29) is 0 Å². The summed E-state index contributed by atoms with van der Waals surface area (Å²) in [5, 5.41) is 7.77. The van der Waals surface area contributed by atoms with Crippen molar-refractivity contribution >= 4 is 6.29 Å². The predicted octanol–water partition coefficient (Wildman–Crippen LogP) is 0.477. The summed E-state index contributed by atoms with van der Waals surface area (Å²) < 4.78 is 3.55. The molecule has 5 nitrogen and oxygen atoms in total. The van der Waals surface area contributed by atoms with Gasteiger partial charge in [0.05, 0.1) is 6.54 Å². The van der Waals surface area contributed by atoms with Crippen molar-refractivity contribution in [2.75, 3.05) is 0 Å². The lowest BCUT2D eigenvalue weighted by atomic mass is 10.4. The molecule has 2 aromatic heterocycles. The van der Waals surface area contributed by atoms with E-state index in [1.807, 2.05) is 24.0 Å². The molecular formula is C9H10N4O. The Labute approximate surface area is 81.0 Å². The maximum atomic E-state index is 10.4. The average Bonchev–Trinajstić information content (AvgIpc) is 2.76. The quantitative estimate of drug-likeness (QED) is 0.661. The molecule has 5 heteroatoms. The number of carbonyl (C=O) groups is 1. The van der Waals surface area contributed by atoms with Crippen molar-refractivity contribution in [2.45, 2.75) is 6.54 Å². The van der Waals surface area contributed by atoms with Crippen LogP contribution in [0.4, 0.5) is 0 Å². The summed E-state index contributed by atoms with van der Waals surface area (Å²) in [6, 6.07) is 1.77. The number of hydrogen-bond acceptors (Lipinski definition) is 3. The largest absolute Gasteiger partial charge is 0.347 e. The van der Waals surface area contributed by atoms with Gasteiger partial charge in [-0.1, -0.05) is 5.21 Å². The van der Waals surface area contributed by atoms with E-state index >= 15 is 0 Å². The van der Waals surface area contributed by atoms with E-state index in [4.69, 9.17) is 0 Å². The minimum absolute atomic E-state index is 0.641. The van der Waals surface area contributed by atoms with Gasteiger partial charge in [0, 0.05) is 31.2 Å². The lowest BCUT2D eigenvalue weighted by Gasteiger charge is -1.96. The first-order valence-electron chi connectivity index (χ1n) is 4.24. The van der Waals surface area contributed by atoms with Gasteiger partial charge in [-0.3, -0.25) is 9.48 Å². The molecule has 0 bridgehead atoms. The molecule has 14 heavy (non-hydrogen) atoms. The van der Waals surface area contributed by atoms with E-state index < -0.39 is 0 Å². The van der Waals surface area contributed by atoms with Crippen LogP contribution in [0.2, 0.25) is 0 Å². The Bertz CT molecular complexity index is 443. The van der Waals surface area contributed by atoms with Crippen LogP contribution in [0.3, 0.4) is 0 Å². The molecule has 72 valence electrons. The van der Waals surface area contributed by atoms with Gasteiger partial charge in [-0.2, -0.15) is 0 Å². The lowest BCUT2D eigenvalue weighted by molar-refractivity contribution is 0.112. The fourth-order valence-corrected chi connectivity index (χ4v) is 1.28. The maximum Gasteiger partial charge on any atom is 0.151 e. The molecule has 0 amide bonds. The number of hydrogen-bond donors (Lipinski definition) is 0. The molecule has 0 radical (unpaired) electrons. The lowest BCUT2D eigenvalue weighted by Crippen LogP contribution is -1.96. The van der Waals surface area contributed by atoms with Crippen LogP contribution in [0, 0.1) is 0 Å². The number of aldehydes is 1. The summed E-state index contributed by atoms with van der Waals surface area (Å²) in [6.07, 6.45) is 6.30. The minimum atomic E-state index is 0.641. The van der Waals surface area contributed by atoms with Gasteiger partial charge in [0.15, 0.2) is 6.29 Å². The highest BCUT2D eigenvalue weighted by molar-refractivity contribution is 5.74. The molecule has 0 unspecified atom stereocenters. The van der Waals surface area contributed by atoms with E-state index in [1.54, 1.807) is 16.9 Å². The van der Waals surface area contributed by atoms with Gasteiger partial charge >= 0.3 is 0 Å². The molecule has 0 fully saturated rings. The maximum absolute atomic E-state index is 10.4. The highest BCUT2D eigenvalue weighted by atomic mass is 16.1. The van der Waals surface area contributed by atoms with Crippen LogP contribution in [0.15, 0.2) is 24.7 Å². The van der Waals surface area contributed by atoms with Crippen molar-refractivity contribution < 1.29 is 4.79 Å². The van der Waals surface area contributed by atoms with Gasteiger partial charge in [-0.15, -0.1) is 5.10 Å². The van der Waals surface area contributed by atoms with Crippen LogP contribution in [0.25, 0.3) is 0 Å². The zero-order chi connectivity index (χ0) is 9.97. The summed E-state index contributed by atoms with van der Waals surface area (Å²) in [7, 11) is 1.82. The zero-order valence-electron chi connectivity index (χ0n) is 7.79. The first-order valence-corrected chi connectivity index (χ1v) is 4.24. The Kier molecular flexibility index (Phi) is 2.14. The monoisotopic (exact) mass is 190 g/mol. The highest BCUT2D eigenvalue weighted by Crippen LogP contribution is 2.01. The molecule has 0 aliphatic heterocycles. The van der Waals surface area contributed by atoms with Crippen molar-refractivity contribution in [3.63, 3.8) is 0 Å². The fourth-order valence-electron chi connectivity index (χ4n) is 1.28. The SMILES string of the molecule is Cn1cc(Cn2ccc(C=O)c2)nn1. The zero-order valence-corrected chi connectivity index (χ0v) is 7.79. The topological polar surface area (TPSA) is 52.7 Å². The van der Waals surface area contributed by atoms with E-state index in [2.05, 4.69) is 10.3 Å². The first kappa shape index (κ1) is 8.68. The summed E-state index contributed by atoms with van der Waals surface area (Å²) in [5.41, 5.74) is 1.55. The molecule has 2 rings (SSSR count). The van der Waals surface area contributed by atoms with Gasteiger partial charge in [-0.05, 0) is 6.07 Å². The average molecular weight is 190 g/mol. The minimum Gasteiger partial charge on any atom is -0.347 e. The van der Waals surface area contributed by atoms with Crippen molar-refractivity contribution in [1.82, 2.24) is 19.6 Å². The van der Waals surface area contributed by atoms with Crippen molar-refractivity contribution in [2.24, 2.45) is 7.05 Å². The number of carbonyl (C=O) groups excluding carboxylic acids is 1. The second-order valence-electron chi connectivity index (χ2n) is 3.12. The third kappa shape index (κ3) is 1.71. The summed E-state index contributed by atoms with van der Waals surface area (Å²) in [6.45, 7) is 0.641. The molecule has 0 saturated heterocycles. The molecule has 0 saturated carbocycles. The van der Waals surface area contributed by atoms with Crippen LogP contribution in [-0.4, -0.2) is 25.8 Å². The van der Waals surface area contributed by atoms with Gasteiger partial charge in [0.2, 0.25) is 0 Å². The van der Waals surface area contributed by atoms with Crippen LogP contribution >= 0.6 is 0 Å². The van der Waals surface area contributed by atoms with E-state index in [1.165, 1.54) is 0 Å². The number of rotatable bonds is 3. The van der Waals surface area contributed by atoms with Crippen molar-refractivity contribution in [3.05, 3.63) is 35.9 Å². The third-order valence-corrected chi connectivity index (χ3v) is 1.90. The second-order valence-corrected chi connectivity index (χ2v) is 3.12. The molecule has 0 aromatic carbocycles. The number of nitrogens with zero attached hydrogens (tertiary/aromatic N) is 4. The normalized spacial score (nSPS) is 10.4. The van der Waals surface area contributed by atoms with Gasteiger partial charge in [0.25, 0.3) is 0 Å². The molecule has 0 aliphatic rings. The number of aryl methyl sites for hydroxylation is 1. The van der Waals surface area contributed by atoms with Gasteiger partial charge < -0.3 is 4.57 Å². The second kappa shape index (κ2) is 3.45. The predicted molar refractivity (Wildman–Crippen MR) is 49.9 cm³/mol. The summed E-state index contributed by atoms with van der Waals surface area (Å²) in [5.74, 6) is 0. The smallest absolute Gasteiger partial charge is 0.151 e. The Balaban J connectivity index is 2.14. The van der Waals surface area contributed by atoms with E-state index in [0.717, 1.165) is 12.0 Å². The van der Waals surface area contributed by atoms with E-state index in [0.29, 0.717) is 12.1 Å². The van der Waals surface area contributed by atoms with Crippen LogP contribution < -0.4 is 0 Å². The Morgan fingerprint density at radius 2 is 2.36 bits per heavy atom.